The molecule has 0 atom stereocenters. The molecular weight excluding hydrogens is 656 g/mol. The molecule has 0 unspecified atom stereocenters. The third-order valence-corrected chi connectivity index (χ3v) is 7.63. The van der Waals surface area contributed by atoms with Crippen molar-refractivity contribution in [1.82, 2.24) is 0 Å². The highest BCUT2D eigenvalue weighted by Crippen LogP contribution is 2.42. The molecule has 248 valence electrons. The lowest BCUT2D eigenvalue weighted by molar-refractivity contribution is -0.274. The predicted molar refractivity (Wildman–Crippen MR) is 167 cm³/mol. The molecule has 8 nitrogen and oxygen atoms in total. The van der Waals surface area contributed by atoms with Crippen LogP contribution in [0.1, 0.15) is 27.0 Å². The van der Waals surface area contributed by atoms with Gasteiger partial charge < -0.3 is 18.9 Å². The van der Waals surface area contributed by atoms with Crippen LogP contribution in [0.2, 0.25) is 0 Å². The summed E-state index contributed by atoms with van der Waals surface area (Å²) in [5, 5.41) is -5.97. The third kappa shape index (κ3) is 7.93. The summed E-state index contributed by atoms with van der Waals surface area (Å²) in [5.41, 5.74) is 2.97. The van der Waals surface area contributed by atoms with Gasteiger partial charge in [-0.3, -0.25) is 9.35 Å². The topological polar surface area (TPSA) is 108 Å². The Hall–Kier alpha value is -5.40. The molecule has 0 saturated carbocycles. The zero-order valence-electron chi connectivity index (χ0n) is 25.2. The second kappa shape index (κ2) is 13.4. The van der Waals surface area contributed by atoms with E-state index in [0.717, 1.165) is 23.3 Å². The minimum absolute atomic E-state index is 0.138. The van der Waals surface area contributed by atoms with Crippen LogP contribution in [-0.2, 0) is 10.1 Å². The molecule has 0 radical (unpaired) electrons. The van der Waals surface area contributed by atoms with Gasteiger partial charge in [0, 0.05) is 29.3 Å². The van der Waals surface area contributed by atoms with E-state index in [-0.39, 0.29) is 28.8 Å². The largest absolute Gasteiger partial charge is 0.483 e. The number of carbonyl (C=O) groups excluding carboxylic acids is 1. The fourth-order valence-corrected chi connectivity index (χ4v) is 4.56. The molecule has 0 amide bonds. The molecule has 1 N–H and O–H groups in total. The molecule has 13 heteroatoms. The number of aryl methyl sites for hydroxylation is 2. The Morgan fingerprint density at radius 2 is 0.854 bits per heavy atom. The van der Waals surface area contributed by atoms with Crippen LogP contribution >= 0.6 is 0 Å². The van der Waals surface area contributed by atoms with Gasteiger partial charge >= 0.3 is 21.5 Å². The zero-order valence-corrected chi connectivity index (χ0v) is 26.0. The van der Waals surface area contributed by atoms with E-state index >= 15 is 0 Å². The number of hydrogen-bond acceptors (Lipinski definition) is 7. The van der Waals surface area contributed by atoms with Crippen LogP contribution in [0.15, 0.2) is 115 Å². The summed E-state index contributed by atoms with van der Waals surface area (Å²) >= 11 is 0. The number of halogens is 4. The van der Waals surface area contributed by atoms with E-state index in [1.807, 2.05) is 26.0 Å². The van der Waals surface area contributed by atoms with Crippen molar-refractivity contribution < 1.29 is 54.3 Å². The summed E-state index contributed by atoms with van der Waals surface area (Å²) < 4.78 is 108. The van der Waals surface area contributed by atoms with Gasteiger partial charge in [0.2, 0.25) is 0 Å². The van der Waals surface area contributed by atoms with Crippen molar-refractivity contribution in [2.24, 2.45) is 0 Å². The average Bonchev–Trinajstić information content (AvgIpc) is 3.02. The van der Waals surface area contributed by atoms with Crippen molar-refractivity contribution in [3.8, 4) is 40.2 Å². The number of ketones is 1. The summed E-state index contributed by atoms with van der Waals surface area (Å²) in [4.78, 5) is 12.7. The molecule has 0 heterocycles. The van der Waals surface area contributed by atoms with Gasteiger partial charge in [-0.15, -0.1) is 0 Å². The SMILES string of the molecule is Cc1ccc(Oc2cc(Oc3ccc(Oc4ccc(C(=O)c5ccc(C)cc5)cc4)cc3)cc(OC(F)(F)C(F)(F)S(=O)(=O)O)c2)cc1. The van der Waals surface area contributed by atoms with Crippen LogP contribution in [0.5, 0.6) is 40.2 Å². The molecule has 0 aliphatic carbocycles. The highest BCUT2D eigenvalue weighted by molar-refractivity contribution is 7.87. The molecule has 0 fully saturated rings. The Morgan fingerprint density at radius 3 is 1.27 bits per heavy atom. The number of rotatable bonds is 12. The summed E-state index contributed by atoms with van der Waals surface area (Å²) in [5.74, 6) is -0.234. The number of carbonyl (C=O) groups is 1. The molecule has 0 aliphatic heterocycles. The second-order valence-corrected chi connectivity index (χ2v) is 12.0. The average molecular weight is 683 g/mol. The van der Waals surface area contributed by atoms with Crippen molar-refractivity contribution in [1.29, 1.82) is 0 Å². The third-order valence-electron chi connectivity index (χ3n) is 6.74. The lowest BCUT2D eigenvalue weighted by Crippen LogP contribution is -2.50. The van der Waals surface area contributed by atoms with Gasteiger partial charge in [-0.2, -0.15) is 26.0 Å². The second-order valence-electron chi connectivity index (χ2n) is 10.6. The van der Waals surface area contributed by atoms with E-state index in [0.29, 0.717) is 22.6 Å². The number of hydrogen-bond donors (Lipinski definition) is 1. The van der Waals surface area contributed by atoms with Crippen molar-refractivity contribution in [2.45, 2.75) is 25.2 Å². The van der Waals surface area contributed by atoms with Crippen LogP contribution in [0.25, 0.3) is 0 Å². The molecule has 48 heavy (non-hydrogen) atoms. The quantitative estimate of drug-likeness (QED) is 0.0788. The van der Waals surface area contributed by atoms with Crippen LogP contribution in [-0.4, -0.2) is 30.1 Å². The molecule has 5 aromatic rings. The van der Waals surface area contributed by atoms with E-state index in [1.54, 1.807) is 60.7 Å². The Kier molecular flexibility index (Phi) is 9.46. The van der Waals surface area contributed by atoms with Crippen LogP contribution in [0, 0.1) is 13.8 Å². The van der Waals surface area contributed by atoms with E-state index in [2.05, 4.69) is 4.74 Å². The first-order chi connectivity index (χ1) is 22.6. The maximum atomic E-state index is 14.3. The normalized spacial score (nSPS) is 11.9. The van der Waals surface area contributed by atoms with Crippen LogP contribution < -0.4 is 18.9 Å². The molecule has 0 aliphatic rings. The maximum absolute atomic E-state index is 14.3. The van der Waals surface area contributed by atoms with Crippen molar-refractivity contribution in [2.75, 3.05) is 0 Å². The molecule has 5 aromatic carbocycles. The minimum Gasteiger partial charge on any atom is -0.457 e. The monoisotopic (exact) mass is 682 g/mol. The Labute approximate surface area is 272 Å². The number of benzene rings is 5. The van der Waals surface area contributed by atoms with E-state index in [4.69, 9.17) is 18.8 Å². The fourth-order valence-electron chi connectivity index (χ4n) is 4.22. The summed E-state index contributed by atoms with van der Waals surface area (Å²) in [6.07, 6.45) is -5.68. The van der Waals surface area contributed by atoms with Crippen molar-refractivity contribution in [3.05, 3.63) is 138 Å². The first kappa shape index (κ1) is 33.9. The Bertz CT molecular complexity index is 2010. The van der Waals surface area contributed by atoms with Gasteiger partial charge in [0.15, 0.2) is 5.78 Å². The highest BCUT2D eigenvalue weighted by atomic mass is 32.2. The smallest absolute Gasteiger partial charge is 0.457 e. The first-order valence-electron chi connectivity index (χ1n) is 14.1. The standard InChI is InChI=1S/C35H26F4O8S/c1-22-3-7-24(8-4-22)33(40)25-9-13-27(14-10-25)44-28-15-17-29(18-16-28)46-31-19-30(45-26-11-5-23(2)6-12-26)20-32(21-31)47-34(36,37)35(38,39)48(41,42)43/h3-21H,1-2H3,(H,41,42,43). The van der Waals surface area contributed by atoms with E-state index in [9.17, 15) is 30.8 Å². The molecule has 5 rings (SSSR count). The summed E-state index contributed by atoms with van der Waals surface area (Å²) in [6, 6.07) is 29.2. The number of ether oxygens (including phenoxy) is 4. The van der Waals surface area contributed by atoms with Gasteiger partial charge in [0.1, 0.15) is 40.2 Å². The minimum atomic E-state index is -6.55. The highest BCUT2D eigenvalue weighted by Gasteiger charge is 2.69. The van der Waals surface area contributed by atoms with Gasteiger partial charge in [0.05, 0.1) is 0 Å². The lowest BCUT2D eigenvalue weighted by Gasteiger charge is -2.24. The maximum Gasteiger partial charge on any atom is 0.483 e. The molecule has 0 spiro atoms. The summed E-state index contributed by atoms with van der Waals surface area (Å²) in [6.45, 7) is 3.75. The molecular formula is C35H26F4O8S. The Balaban J connectivity index is 1.33. The summed E-state index contributed by atoms with van der Waals surface area (Å²) in [7, 11) is -6.55. The number of alkyl halides is 4. The molecule has 0 bridgehead atoms. The first-order valence-corrected chi connectivity index (χ1v) is 15.5. The van der Waals surface area contributed by atoms with Gasteiger partial charge in [-0.1, -0.05) is 47.5 Å². The molecule has 0 saturated heterocycles. The van der Waals surface area contributed by atoms with Crippen LogP contribution in [0.4, 0.5) is 17.6 Å². The van der Waals surface area contributed by atoms with Gasteiger partial charge in [-0.05, 0) is 74.5 Å². The van der Waals surface area contributed by atoms with Crippen molar-refractivity contribution in [3.63, 3.8) is 0 Å². The van der Waals surface area contributed by atoms with E-state index in [1.165, 1.54) is 30.3 Å². The van der Waals surface area contributed by atoms with Gasteiger partial charge in [-0.25, -0.2) is 0 Å². The molecule has 0 aromatic heterocycles. The van der Waals surface area contributed by atoms with Crippen molar-refractivity contribution >= 4 is 15.9 Å². The zero-order chi connectivity index (χ0) is 34.7. The van der Waals surface area contributed by atoms with E-state index < -0.39 is 27.2 Å². The van der Waals surface area contributed by atoms with Crippen LogP contribution in [0.3, 0.4) is 0 Å². The Morgan fingerprint density at radius 1 is 0.542 bits per heavy atom. The lowest BCUT2D eigenvalue weighted by atomic mass is 10.0. The predicted octanol–water partition coefficient (Wildman–Crippen LogP) is 9.36. The van der Waals surface area contributed by atoms with Gasteiger partial charge in [0.25, 0.3) is 0 Å². The fraction of sp³-hybridized carbons (Fsp3) is 0.114.